The topological polar surface area (TPSA) is 57.9 Å². The van der Waals surface area contributed by atoms with Gasteiger partial charge in [0, 0.05) is 17.0 Å². The molecule has 0 atom stereocenters. The molecule has 0 aliphatic carbocycles. The maximum atomic E-state index is 13.4. The second kappa shape index (κ2) is 5.99. The molecule has 1 aromatic carbocycles. The second-order valence-electron chi connectivity index (χ2n) is 3.55. The van der Waals surface area contributed by atoms with Crippen molar-refractivity contribution in [1.29, 1.82) is 5.26 Å². The van der Waals surface area contributed by atoms with Gasteiger partial charge in [-0.25, -0.2) is 12.8 Å². The first kappa shape index (κ1) is 13.9. The molecule has 1 aromatic rings. The standard InChI is InChI=1S/C11H11ClFNO2S/c12-10-4-3-5-11(13)9(10)8-17(15,16)7-2-1-6-14/h3-5H,1-2,7-8H2. The molecule has 0 saturated carbocycles. The molecule has 0 bridgehead atoms. The molecule has 0 radical (unpaired) electrons. The molecule has 0 N–H and O–H groups in total. The number of benzene rings is 1. The molecule has 0 spiro atoms. The van der Waals surface area contributed by atoms with Gasteiger partial charge in [-0.1, -0.05) is 17.7 Å². The Hall–Kier alpha value is -1.12. The van der Waals surface area contributed by atoms with E-state index in [0.717, 1.165) is 0 Å². The first-order valence-electron chi connectivity index (χ1n) is 4.96. The van der Waals surface area contributed by atoms with Crippen molar-refractivity contribution in [3.8, 4) is 6.07 Å². The summed E-state index contributed by atoms with van der Waals surface area (Å²) in [6.45, 7) is 0. The van der Waals surface area contributed by atoms with E-state index < -0.39 is 21.4 Å². The number of halogens is 2. The van der Waals surface area contributed by atoms with E-state index in [9.17, 15) is 12.8 Å². The molecular formula is C11H11ClFNO2S. The van der Waals surface area contributed by atoms with E-state index in [0.29, 0.717) is 0 Å². The number of hydrogen-bond acceptors (Lipinski definition) is 3. The maximum absolute atomic E-state index is 13.4. The van der Waals surface area contributed by atoms with Crippen LogP contribution in [0.3, 0.4) is 0 Å². The lowest BCUT2D eigenvalue weighted by molar-refractivity contribution is 0.585. The Morgan fingerprint density at radius 2 is 2.12 bits per heavy atom. The molecular weight excluding hydrogens is 265 g/mol. The monoisotopic (exact) mass is 275 g/mol. The molecule has 1 rings (SSSR count). The summed E-state index contributed by atoms with van der Waals surface area (Å²) < 4.78 is 36.7. The Kier molecular flexibility index (Phi) is 4.91. The quantitative estimate of drug-likeness (QED) is 0.776. The van der Waals surface area contributed by atoms with Crippen LogP contribution in [0.15, 0.2) is 18.2 Å². The molecule has 3 nitrogen and oxygen atoms in total. The minimum Gasteiger partial charge on any atom is -0.228 e. The van der Waals surface area contributed by atoms with Gasteiger partial charge >= 0.3 is 0 Å². The van der Waals surface area contributed by atoms with E-state index in [4.69, 9.17) is 16.9 Å². The van der Waals surface area contributed by atoms with Gasteiger partial charge in [0.15, 0.2) is 9.84 Å². The van der Waals surface area contributed by atoms with Crippen molar-refractivity contribution in [1.82, 2.24) is 0 Å². The second-order valence-corrected chi connectivity index (χ2v) is 6.15. The van der Waals surface area contributed by atoms with E-state index in [2.05, 4.69) is 0 Å². The number of sulfone groups is 1. The van der Waals surface area contributed by atoms with Crippen molar-refractivity contribution in [3.05, 3.63) is 34.6 Å². The summed E-state index contributed by atoms with van der Waals surface area (Å²) in [4.78, 5) is 0. The SMILES string of the molecule is N#CCCCS(=O)(=O)Cc1c(F)cccc1Cl. The van der Waals surface area contributed by atoms with Gasteiger partial charge in [-0.15, -0.1) is 0 Å². The average Bonchev–Trinajstić information content (AvgIpc) is 2.24. The predicted molar refractivity (Wildman–Crippen MR) is 63.7 cm³/mol. The molecule has 0 amide bonds. The molecule has 0 aromatic heterocycles. The number of unbranched alkanes of at least 4 members (excludes halogenated alkanes) is 1. The Morgan fingerprint density at radius 1 is 1.41 bits per heavy atom. The minimum absolute atomic E-state index is 0.00822. The normalized spacial score (nSPS) is 11.1. The van der Waals surface area contributed by atoms with Gasteiger partial charge in [-0.2, -0.15) is 5.26 Å². The lowest BCUT2D eigenvalue weighted by Gasteiger charge is -2.06. The summed E-state index contributed by atoms with van der Waals surface area (Å²) >= 11 is 5.74. The Labute approximate surface area is 105 Å². The van der Waals surface area contributed by atoms with E-state index in [1.54, 1.807) is 0 Å². The van der Waals surface area contributed by atoms with Crippen molar-refractivity contribution < 1.29 is 12.8 Å². The predicted octanol–water partition coefficient (Wildman–Crippen LogP) is 2.70. The van der Waals surface area contributed by atoms with Crippen molar-refractivity contribution in [2.45, 2.75) is 18.6 Å². The summed E-state index contributed by atoms with van der Waals surface area (Å²) in [7, 11) is -3.43. The van der Waals surface area contributed by atoms with Crippen LogP contribution in [0.4, 0.5) is 4.39 Å². The first-order valence-corrected chi connectivity index (χ1v) is 7.16. The van der Waals surface area contributed by atoms with Crippen LogP contribution in [-0.4, -0.2) is 14.2 Å². The van der Waals surface area contributed by atoms with Gasteiger partial charge in [-0.05, 0) is 18.6 Å². The fraction of sp³-hybridized carbons (Fsp3) is 0.364. The highest BCUT2D eigenvalue weighted by molar-refractivity contribution is 7.90. The molecule has 0 saturated heterocycles. The van der Waals surface area contributed by atoms with Gasteiger partial charge in [0.2, 0.25) is 0 Å². The Morgan fingerprint density at radius 3 is 2.71 bits per heavy atom. The van der Waals surface area contributed by atoms with E-state index in [1.165, 1.54) is 18.2 Å². The molecule has 0 aliphatic heterocycles. The van der Waals surface area contributed by atoms with Crippen molar-refractivity contribution in [3.63, 3.8) is 0 Å². The van der Waals surface area contributed by atoms with Crippen LogP contribution in [0.5, 0.6) is 0 Å². The highest BCUT2D eigenvalue weighted by Gasteiger charge is 2.17. The fourth-order valence-corrected chi connectivity index (χ4v) is 3.10. The lowest BCUT2D eigenvalue weighted by atomic mass is 10.2. The van der Waals surface area contributed by atoms with E-state index in [1.807, 2.05) is 6.07 Å². The average molecular weight is 276 g/mol. The molecule has 92 valence electrons. The highest BCUT2D eigenvalue weighted by atomic mass is 35.5. The Balaban J connectivity index is 2.81. The third-order valence-electron chi connectivity index (χ3n) is 2.17. The zero-order chi connectivity index (χ0) is 12.9. The summed E-state index contributed by atoms with van der Waals surface area (Å²) in [5.74, 6) is -1.18. The van der Waals surface area contributed by atoms with Crippen LogP contribution in [0, 0.1) is 17.1 Å². The number of nitrogens with zero attached hydrogens (tertiary/aromatic N) is 1. The highest BCUT2D eigenvalue weighted by Crippen LogP contribution is 2.21. The minimum atomic E-state index is -3.43. The van der Waals surface area contributed by atoms with Gasteiger partial charge < -0.3 is 0 Å². The van der Waals surface area contributed by atoms with Crippen molar-refractivity contribution in [2.75, 3.05) is 5.75 Å². The fourth-order valence-electron chi connectivity index (χ4n) is 1.33. The van der Waals surface area contributed by atoms with Crippen LogP contribution in [0.1, 0.15) is 18.4 Å². The molecule has 0 unspecified atom stereocenters. The van der Waals surface area contributed by atoms with Gasteiger partial charge in [0.25, 0.3) is 0 Å². The van der Waals surface area contributed by atoms with Crippen LogP contribution in [0.25, 0.3) is 0 Å². The first-order chi connectivity index (χ1) is 7.96. The summed E-state index contributed by atoms with van der Waals surface area (Å²) in [5, 5.41) is 8.42. The van der Waals surface area contributed by atoms with Crippen LogP contribution < -0.4 is 0 Å². The van der Waals surface area contributed by atoms with E-state index >= 15 is 0 Å². The smallest absolute Gasteiger partial charge is 0.154 e. The molecule has 6 heteroatoms. The van der Waals surface area contributed by atoms with Crippen molar-refractivity contribution in [2.24, 2.45) is 0 Å². The largest absolute Gasteiger partial charge is 0.228 e. The molecule has 0 heterocycles. The van der Waals surface area contributed by atoms with Gasteiger partial charge in [0.1, 0.15) is 5.82 Å². The Bertz CT molecular complexity index is 517. The number of hydrogen-bond donors (Lipinski definition) is 0. The van der Waals surface area contributed by atoms with Gasteiger partial charge in [0.05, 0.1) is 17.6 Å². The van der Waals surface area contributed by atoms with Crippen LogP contribution >= 0.6 is 11.6 Å². The molecule has 0 fully saturated rings. The third-order valence-corrected chi connectivity index (χ3v) is 4.16. The number of rotatable bonds is 5. The molecule has 0 aliphatic rings. The van der Waals surface area contributed by atoms with Crippen LogP contribution in [-0.2, 0) is 15.6 Å². The lowest BCUT2D eigenvalue weighted by Crippen LogP contribution is -2.10. The molecule has 17 heavy (non-hydrogen) atoms. The summed E-state index contributed by atoms with van der Waals surface area (Å²) in [6.07, 6.45) is 0.426. The third kappa shape index (κ3) is 4.33. The van der Waals surface area contributed by atoms with Crippen molar-refractivity contribution >= 4 is 21.4 Å². The van der Waals surface area contributed by atoms with E-state index in [-0.39, 0.29) is 29.2 Å². The van der Waals surface area contributed by atoms with Crippen LogP contribution in [0.2, 0.25) is 5.02 Å². The summed E-state index contributed by atoms with van der Waals surface area (Å²) in [6, 6.07) is 5.90. The van der Waals surface area contributed by atoms with Gasteiger partial charge in [-0.3, -0.25) is 0 Å². The summed E-state index contributed by atoms with van der Waals surface area (Å²) in [5.41, 5.74) is -0.00822. The zero-order valence-corrected chi connectivity index (χ0v) is 10.6. The number of nitriles is 1. The zero-order valence-electron chi connectivity index (χ0n) is 8.99. The maximum Gasteiger partial charge on any atom is 0.154 e.